The topological polar surface area (TPSA) is 65.5 Å². The number of pyridine rings is 1. The summed E-state index contributed by atoms with van der Waals surface area (Å²) in [7, 11) is 0. The number of hydrogen-bond donors (Lipinski definition) is 2. The van der Waals surface area contributed by atoms with Crippen molar-refractivity contribution in [3.63, 3.8) is 0 Å². The smallest absolute Gasteiger partial charge is 0.255 e. The second-order valence-corrected chi connectivity index (χ2v) is 5.89. The molecule has 0 spiro atoms. The van der Waals surface area contributed by atoms with Gasteiger partial charge in [0.05, 0.1) is 5.56 Å². The van der Waals surface area contributed by atoms with E-state index in [2.05, 4.69) is 10.3 Å². The van der Waals surface area contributed by atoms with Gasteiger partial charge in [0.1, 0.15) is 5.82 Å². The van der Waals surface area contributed by atoms with Crippen LogP contribution in [0.2, 0.25) is 0 Å². The van der Waals surface area contributed by atoms with Crippen LogP contribution >= 0.6 is 0 Å². The minimum atomic E-state index is 0.0248. The van der Waals surface area contributed by atoms with Crippen molar-refractivity contribution in [2.45, 2.75) is 51.6 Å². The number of likely N-dealkylation sites (tertiary alicyclic amines) is 1. The Labute approximate surface area is 126 Å². The normalized spacial score (nSPS) is 18.9. The highest BCUT2D eigenvalue weighted by Crippen LogP contribution is 2.22. The number of anilines is 1. The number of aromatic nitrogens is 1. The highest BCUT2D eigenvalue weighted by molar-refractivity contribution is 5.94. The van der Waals surface area contributed by atoms with E-state index in [1.807, 2.05) is 30.9 Å². The van der Waals surface area contributed by atoms with Crippen LogP contribution in [0.4, 0.5) is 5.82 Å². The Hall–Kier alpha value is -1.62. The molecule has 0 bridgehead atoms. The van der Waals surface area contributed by atoms with Gasteiger partial charge in [0.25, 0.3) is 5.91 Å². The Bertz CT molecular complexity index is 457. The molecular formula is C16H25N3O2. The fourth-order valence-corrected chi connectivity index (χ4v) is 2.78. The van der Waals surface area contributed by atoms with Crippen molar-refractivity contribution >= 4 is 11.7 Å². The largest absolute Gasteiger partial charge is 0.396 e. The van der Waals surface area contributed by atoms with E-state index in [0.29, 0.717) is 18.0 Å². The summed E-state index contributed by atoms with van der Waals surface area (Å²) in [6, 6.07) is 4.14. The van der Waals surface area contributed by atoms with Gasteiger partial charge in [0, 0.05) is 31.4 Å². The van der Waals surface area contributed by atoms with E-state index >= 15 is 0 Å². The van der Waals surface area contributed by atoms with Gasteiger partial charge >= 0.3 is 0 Å². The van der Waals surface area contributed by atoms with Crippen LogP contribution in [0.25, 0.3) is 0 Å². The van der Waals surface area contributed by atoms with Gasteiger partial charge in [-0.3, -0.25) is 4.79 Å². The molecule has 1 aliphatic rings. The van der Waals surface area contributed by atoms with E-state index in [1.54, 1.807) is 6.20 Å². The molecule has 1 atom stereocenters. The summed E-state index contributed by atoms with van der Waals surface area (Å²) in [5.74, 6) is 0.809. The first-order valence-corrected chi connectivity index (χ1v) is 7.76. The molecule has 2 N–H and O–H groups in total. The monoisotopic (exact) mass is 291 g/mol. The second-order valence-electron chi connectivity index (χ2n) is 5.89. The number of hydrogen-bond acceptors (Lipinski definition) is 4. The standard InChI is InChI=1S/C16H25N3O2/c1-12(2)18-15-7-6-13(11-17-15)16(21)19-9-4-3-5-14(19)8-10-20/h6-7,11-12,14,20H,3-5,8-10H2,1-2H3,(H,17,18). The molecular weight excluding hydrogens is 266 g/mol. The van der Waals surface area contributed by atoms with Crippen LogP contribution in [-0.4, -0.2) is 46.1 Å². The molecule has 5 nitrogen and oxygen atoms in total. The highest BCUT2D eigenvalue weighted by atomic mass is 16.3. The number of piperidine rings is 1. The van der Waals surface area contributed by atoms with Crippen LogP contribution in [0, 0.1) is 0 Å². The van der Waals surface area contributed by atoms with E-state index in [-0.39, 0.29) is 18.6 Å². The Balaban J connectivity index is 2.07. The zero-order valence-electron chi connectivity index (χ0n) is 12.9. The molecule has 1 aromatic heterocycles. The quantitative estimate of drug-likeness (QED) is 0.873. The fourth-order valence-electron chi connectivity index (χ4n) is 2.78. The Morgan fingerprint density at radius 3 is 2.90 bits per heavy atom. The van der Waals surface area contributed by atoms with Gasteiger partial charge in [0.15, 0.2) is 0 Å². The van der Waals surface area contributed by atoms with Crippen LogP contribution in [0.15, 0.2) is 18.3 Å². The number of nitrogens with zero attached hydrogens (tertiary/aromatic N) is 2. The van der Waals surface area contributed by atoms with E-state index in [0.717, 1.165) is 31.6 Å². The number of rotatable bonds is 5. The van der Waals surface area contributed by atoms with Crippen LogP contribution in [0.1, 0.15) is 49.9 Å². The van der Waals surface area contributed by atoms with Gasteiger partial charge < -0.3 is 15.3 Å². The van der Waals surface area contributed by atoms with Crippen LogP contribution in [-0.2, 0) is 0 Å². The molecule has 5 heteroatoms. The third kappa shape index (κ3) is 4.17. The predicted octanol–water partition coefficient (Wildman–Crippen LogP) is 2.28. The molecule has 1 amide bonds. The Morgan fingerprint density at radius 1 is 1.48 bits per heavy atom. The van der Waals surface area contributed by atoms with E-state index < -0.39 is 0 Å². The number of aliphatic hydroxyl groups excluding tert-OH is 1. The van der Waals surface area contributed by atoms with Crippen molar-refractivity contribution in [2.75, 3.05) is 18.5 Å². The summed E-state index contributed by atoms with van der Waals surface area (Å²) in [6.07, 6.45) is 5.44. The Morgan fingerprint density at radius 2 is 2.29 bits per heavy atom. The maximum atomic E-state index is 12.6. The molecule has 1 saturated heterocycles. The second kappa shape index (κ2) is 7.41. The average molecular weight is 291 g/mol. The lowest BCUT2D eigenvalue weighted by Gasteiger charge is -2.35. The number of aliphatic hydroxyl groups is 1. The zero-order chi connectivity index (χ0) is 15.2. The molecule has 2 heterocycles. The lowest BCUT2D eigenvalue weighted by molar-refractivity contribution is 0.0574. The molecule has 0 aliphatic carbocycles. The number of carbonyl (C=O) groups excluding carboxylic acids is 1. The molecule has 2 rings (SSSR count). The SMILES string of the molecule is CC(C)Nc1ccc(C(=O)N2CCCCC2CCO)cn1. The third-order valence-electron chi connectivity index (χ3n) is 3.80. The van der Waals surface area contributed by atoms with Crippen molar-refractivity contribution in [3.05, 3.63) is 23.9 Å². The maximum absolute atomic E-state index is 12.6. The molecule has 21 heavy (non-hydrogen) atoms. The fraction of sp³-hybridized carbons (Fsp3) is 0.625. The lowest BCUT2D eigenvalue weighted by atomic mass is 9.98. The van der Waals surface area contributed by atoms with Gasteiger partial charge in [0.2, 0.25) is 0 Å². The van der Waals surface area contributed by atoms with E-state index in [4.69, 9.17) is 5.11 Å². The van der Waals surface area contributed by atoms with Gasteiger partial charge in [-0.05, 0) is 51.7 Å². The molecule has 0 radical (unpaired) electrons. The number of carbonyl (C=O) groups is 1. The van der Waals surface area contributed by atoms with Gasteiger partial charge in [-0.1, -0.05) is 0 Å². The predicted molar refractivity (Wildman–Crippen MR) is 83.4 cm³/mol. The van der Waals surface area contributed by atoms with Crippen LogP contribution in [0.3, 0.4) is 0 Å². The molecule has 1 aliphatic heterocycles. The molecule has 0 aromatic carbocycles. The van der Waals surface area contributed by atoms with Gasteiger partial charge in [-0.25, -0.2) is 4.98 Å². The molecule has 1 fully saturated rings. The summed E-state index contributed by atoms with van der Waals surface area (Å²) in [6.45, 7) is 5.00. The van der Waals surface area contributed by atoms with Crippen LogP contribution in [0.5, 0.6) is 0 Å². The van der Waals surface area contributed by atoms with Crippen molar-refractivity contribution in [3.8, 4) is 0 Å². The van der Waals surface area contributed by atoms with Gasteiger partial charge in [-0.2, -0.15) is 0 Å². The van der Waals surface area contributed by atoms with Crippen molar-refractivity contribution in [1.82, 2.24) is 9.88 Å². The minimum absolute atomic E-state index is 0.0248. The van der Waals surface area contributed by atoms with Crippen molar-refractivity contribution < 1.29 is 9.90 Å². The maximum Gasteiger partial charge on any atom is 0.255 e. The third-order valence-corrected chi connectivity index (χ3v) is 3.80. The first-order chi connectivity index (χ1) is 10.1. The molecule has 116 valence electrons. The minimum Gasteiger partial charge on any atom is -0.396 e. The van der Waals surface area contributed by atoms with Crippen molar-refractivity contribution in [1.29, 1.82) is 0 Å². The summed E-state index contributed by atoms with van der Waals surface area (Å²) in [5.41, 5.74) is 0.620. The Kier molecular flexibility index (Phi) is 5.56. The average Bonchev–Trinajstić information content (AvgIpc) is 2.48. The van der Waals surface area contributed by atoms with Crippen molar-refractivity contribution in [2.24, 2.45) is 0 Å². The zero-order valence-corrected chi connectivity index (χ0v) is 12.9. The summed E-state index contributed by atoms with van der Waals surface area (Å²) >= 11 is 0. The summed E-state index contributed by atoms with van der Waals surface area (Å²) < 4.78 is 0. The first kappa shape index (κ1) is 15.8. The molecule has 1 unspecified atom stereocenters. The van der Waals surface area contributed by atoms with E-state index in [9.17, 15) is 4.79 Å². The number of amides is 1. The van der Waals surface area contributed by atoms with Gasteiger partial charge in [-0.15, -0.1) is 0 Å². The highest BCUT2D eigenvalue weighted by Gasteiger charge is 2.27. The first-order valence-electron chi connectivity index (χ1n) is 7.76. The molecule has 0 saturated carbocycles. The lowest BCUT2D eigenvalue weighted by Crippen LogP contribution is -2.44. The number of nitrogens with one attached hydrogen (secondary N) is 1. The molecule has 1 aromatic rings. The summed E-state index contributed by atoms with van der Waals surface area (Å²) in [4.78, 5) is 18.8. The van der Waals surface area contributed by atoms with E-state index in [1.165, 1.54) is 0 Å². The summed E-state index contributed by atoms with van der Waals surface area (Å²) in [5, 5.41) is 12.4. The van der Waals surface area contributed by atoms with Crippen LogP contribution < -0.4 is 5.32 Å².